The van der Waals surface area contributed by atoms with E-state index in [2.05, 4.69) is 0 Å². The Morgan fingerprint density at radius 1 is 1.42 bits per heavy atom. The summed E-state index contributed by atoms with van der Waals surface area (Å²) in [5.74, 6) is 0.0262. The van der Waals surface area contributed by atoms with E-state index in [9.17, 15) is 4.79 Å². The van der Waals surface area contributed by atoms with E-state index in [4.69, 9.17) is 5.73 Å². The molecule has 0 aromatic heterocycles. The van der Waals surface area contributed by atoms with Crippen LogP contribution in [0, 0.1) is 0 Å². The molecule has 0 saturated heterocycles. The SMILES string of the molecule is CC(=O)C=Cc1ccccc1N. The zero-order chi connectivity index (χ0) is 8.97. The highest BCUT2D eigenvalue weighted by Gasteiger charge is 1.91. The summed E-state index contributed by atoms with van der Waals surface area (Å²) in [6.07, 6.45) is 3.23. The Morgan fingerprint density at radius 3 is 2.67 bits per heavy atom. The van der Waals surface area contributed by atoms with Gasteiger partial charge in [-0.05, 0) is 30.7 Å². The minimum atomic E-state index is 0.0262. The fourth-order valence-corrected chi connectivity index (χ4v) is 0.870. The topological polar surface area (TPSA) is 43.1 Å². The van der Waals surface area contributed by atoms with E-state index in [-0.39, 0.29) is 5.78 Å². The Bertz CT molecular complexity index is 315. The Balaban J connectivity index is 2.89. The number of anilines is 1. The molecular weight excluding hydrogens is 150 g/mol. The van der Waals surface area contributed by atoms with Crippen LogP contribution in [-0.4, -0.2) is 5.78 Å². The van der Waals surface area contributed by atoms with Crippen LogP contribution in [0.25, 0.3) is 6.08 Å². The van der Waals surface area contributed by atoms with Crippen molar-refractivity contribution in [1.29, 1.82) is 0 Å². The van der Waals surface area contributed by atoms with Gasteiger partial charge in [-0.25, -0.2) is 0 Å². The molecule has 0 aliphatic rings. The van der Waals surface area contributed by atoms with Crippen molar-refractivity contribution in [3.63, 3.8) is 0 Å². The molecule has 1 aromatic carbocycles. The quantitative estimate of drug-likeness (QED) is 0.531. The second-order valence-corrected chi connectivity index (χ2v) is 2.57. The van der Waals surface area contributed by atoms with Gasteiger partial charge in [0.05, 0.1) is 0 Å². The van der Waals surface area contributed by atoms with Crippen LogP contribution >= 0.6 is 0 Å². The van der Waals surface area contributed by atoms with Crippen LogP contribution in [0.2, 0.25) is 0 Å². The lowest BCUT2D eigenvalue weighted by atomic mass is 10.1. The summed E-state index contributed by atoms with van der Waals surface area (Å²) in [6.45, 7) is 1.51. The van der Waals surface area contributed by atoms with Crippen molar-refractivity contribution in [2.24, 2.45) is 0 Å². The Labute approximate surface area is 71.7 Å². The molecule has 0 aliphatic heterocycles. The molecule has 0 fully saturated rings. The smallest absolute Gasteiger partial charge is 0.152 e. The molecule has 1 rings (SSSR count). The van der Waals surface area contributed by atoms with Crippen LogP contribution in [0.3, 0.4) is 0 Å². The van der Waals surface area contributed by atoms with E-state index in [0.717, 1.165) is 5.56 Å². The van der Waals surface area contributed by atoms with E-state index < -0.39 is 0 Å². The summed E-state index contributed by atoms with van der Waals surface area (Å²) in [6, 6.07) is 7.42. The number of para-hydroxylation sites is 1. The molecule has 0 saturated carbocycles. The number of hydrogen-bond acceptors (Lipinski definition) is 2. The molecule has 2 N–H and O–H groups in total. The average Bonchev–Trinajstić information content (AvgIpc) is 2.03. The minimum Gasteiger partial charge on any atom is -0.398 e. The van der Waals surface area contributed by atoms with Gasteiger partial charge in [-0.15, -0.1) is 0 Å². The molecule has 0 aliphatic carbocycles. The van der Waals surface area contributed by atoms with Crippen molar-refractivity contribution in [1.82, 2.24) is 0 Å². The lowest BCUT2D eigenvalue weighted by molar-refractivity contribution is -0.112. The van der Waals surface area contributed by atoms with Gasteiger partial charge in [0.1, 0.15) is 0 Å². The standard InChI is InChI=1S/C10H11NO/c1-8(12)6-7-9-4-2-3-5-10(9)11/h2-7H,11H2,1H3. The Morgan fingerprint density at radius 2 is 2.08 bits per heavy atom. The molecule has 0 amide bonds. The van der Waals surface area contributed by atoms with Crippen molar-refractivity contribution in [3.05, 3.63) is 35.9 Å². The van der Waals surface area contributed by atoms with Gasteiger partial charge in [0, 0.05) is 5.69 Å². The van der Waals surface area contributed by atoms with Gasteiger partial charge >= 0.3 is 0 Å². The maximum absolute atomic E-state index is 10.6. The third kappa shape index (κ3) is 2.23. The summed E-state index contributed by atoms with van der Waals surface area (Å²) >= 11 is 0. The highest BCUT2D eigenvalue weighted by Crippen LogP contribution is 2.11. The van der Waals surface area contributed by atoms with Crippen molar-refractivity contribution < 1.29 is 4.79 Å². The summed E-state index contributed by atoms with van der Waals surface area (Å²) in [7, 11) is 0. The van der Waals surface area contributed by atoms with Crippen molar-refractivity contribution in [3.8, 4) is 0 Å². The van der Waals surface area contributed by atoms with Crippen molar-refractivity contribution in [2.75, 3.05) is 5.73 Å². The van der Waals surface area contributed by atoms with Gasteiger partial charge in [-0.3, -0.25) is 4.79 Å². The van der Waals surface area contributed by atoms with E-state index in [1.807, 2.05) is 18.2 Å². The minimum absolute atomic E-state index is 0.0262. The molecule has 0 atom stereocenters. The molecule has 0 heterocycles. The number of carbonyl (C=O) groups excluding carboxylic acids is 1. The van der Waals surface area contributed by atoms with Crippen molar-refractivity contribution in [2.45, 2.75) is 6.92 Å². The molecule has 0 bridgehead atoms. The summed E-state index contributed by atoms with van der Waals surface area (Å²) in [5.41, 5.74) is 7.22. The molecule has 0 radical (unpaired) electrons. The predicted octanol–water partition coefficient (Wildman–Crippen LogP) is 1.87. The fraction of sp³-hybridized carbons (Fsp3) is 0.100. The fourth-order valence-electron chi connectivity index (χ4n) is 0.870. The molecule has 0 unspecified atom stereocenters. The maximum Gasteiger partial charge on any atom is 0.152 e. The number of allylic oxidation sites excluding steroid dienone is 1. The Kier molecular flexibility index (Phi) is 2.64. The van der Waals surface area contributed by atoms with Gasteiger partial charge < -0.3 is 5.73 Å². The summed E-state index contributed by atoms with van der Waals surface area (Å²) < 4.78 is 0. The van der Waals surface area contributed by atoms with Crippen LogP contribution < -0.4 is 5.73 Å². The first-order chi connectivity index (χ1) is 5.70. The predicted molar refractivity (Wildman–Crippen MR) is 50.6 cm³/mol. The van der Waals surface area contributed by atoms with Crippen molar-refractivity contribution >= 4 is 17.5 Å². The number of ketones is 1. The van der Waals surface area contributed by atoms with E-state index in [1.165, 1.54) is 13.0 Å². The zero-order valence-electron chi connectivity index (χ0n) is 6.95. The molecule has 0 spiro atoms. The van der Waals surface area contributed by atoms with E-state index in [1.54, 1.807) is 12.1 Å². The van der Waals surface area contributed by atoms with Crippen LogP contribution in [0.4, 0.5) is 5.69 Å². The number of nitrogens with two attached hydrogens (primary N) is 1. The maximum atomic E-state index is 10.6. The molecule has 12 heavy (non-hydrogen) atoms. The third-order valence-electron chi connectivity index (χ3n) is 1.49. The van der Waals surface area contributed by atoms with Crippen LogP contribution in [0.15, 0.2) is 30.3 Å². The number of rotatable bonds is 2. The van der Waals surface area contributed by atoms with Crippen LogP contribution in [0.1, 0.15) is 12.5 Å². The number of carbonyl (C=O) groups is 1. The van der Waals surface area contributed by atoms with Crippen LogP contribution in [-0.2, 0) is 4.79 Å². The number of benzene rings is 1. The number of nitrogen functional groups attached to an aromatic ring is 1. The first-order valence-corrected chi connectivity index (χ1v) is 3.73. The molecule has 62 valence electrons. The zero-order valence-corrected chi connectivity index (χ0v) is 6.95. The average molecular weight is 161 g/mol. The first-order valence-electron chi connectivity index (χ1n) is 3.73. The second-order valence-electron chi connectivity index (χ2n) is 2.57. The lowest BCUT2D eigenvalue weighted by Crippen LogP contribution is -1.88. The monoisotopic (exact) mass is 161 g/mol. The van der Waals surface area contributed by atoms with Gasteiger partial charge in [-0.1, -0.05) is 18.2 Å². The normalized spacial score (nSPS) is 10.4. The van der Waals surface area contributed by atoms with Gasteiger partial charge in [0.15, 0.2) is 5.78 Å². The summed E-state index contributed by atoms with van der Waals surface area (Å²) in [5, 5.41) is 0. The van der Waals surface area contributed by atoms with Gasteiger partial charge in [0.25, 0.3) is 0 Å². The lowest BCUT2D eigenvalue weighted by Gasteiger charge is -1.96. The first kappa shape index (κ1) is 8.53. The highest BCUT2D eigenvalue weighted by molar-refractivity contribution is 5.92. The second kappa shape index (κ2) is 3.72. The molecule has 1 aromatic rings. The highest BCUT2D eigenvalue weighted by atomic mass is 16.1. The molecule has 2 heteroatoms. The van der Waals surface area contributed by atoms with Gasteiger partial charge in [0.2, 0.25) is 0 Å². The largest absolute Gasteiger partial charge is 0.398 e. The van der Waals surface area contributed by atoms with E-state index >= 15 is 0 Å². The van der Waals surface area contributed by atoms with Crippen LogP contribution in [0.5, 0.6) is 0 Å². The third-order valence-corrected chi connectivity index (χ3v) is 1.49. The molecular formula is C10H11NO. The summed E-state index contributed by atoms with van der Waals surface area (Å²) in [4.78, 5) is 10.6. The van der Waals surface area contributed by atoms with E-state index in [0.29, 0.717) is 5.69 Å². The van der Waals surface area contributed by atoms with Gasteiger partial charge in [-0.2, -0.15) is 0 Å². The Hall–Kier alpha value is -1.57. The molecule has 2 nitrogen and oxygen atoms in total. The number of hydrogen-bond donors (Lipinski definition) is 1.